The van der Waals surface area contributed by atoms with E-state index in [0.717, 1.165) is 22.5 Å². The molecular weight excluding hydrogens is 512 g/mol. The van der Waals surface area contributed by atoms with Gasteiger partial charge in [0, 0.05) is 26.3 Å². The summed E-state index contributed by atoms with van der Waals surface area (Å²) in [6, 6.07) is 21.5. The average Bonchev–Trinajstić information content (AvgIpc) is 2.73. The number of benzene rings is 2. The molecule has 0 fully saturated rings. The van der Waals surface area contributed by atoms with E-state index in [0.29, 0.717) is 0 Å². The number of hydrogen-bond acceptors (Lipinski definition) is 4. The van der Waals surface area contributed by atoms with Crippen LogP contribution >= 0.6 is 0 Å². The van der Waals surface area contributed by atoms with Gasteiger partial charge in [-0.05, 0) is 24.5 Å². The first kappa shape index (κ1) is 28.7. The fourth-order valence-corrected chi connectivity index (χ4v) is 1.62. The Labute approximate surface area is 176 Å². The molecule has 5 heteroatoms. The van der Waals surface area contributed by atoms with E-state index in [1.54, 1.807) is 6.21 Å². The van der Waals surface area contributed by atoms with Gasteiger partial charge in [-0.2, -0.15) is 0 Å². The minimum Gasteiger partial charge on any atom is -0.512 e. The van der Waals surface area contributed by atoms with Gasteiger partial charge >= 0.3 is 0 Å². The summed E-state index contributed by atoms with van der Waals surface area (Å²) < 4.78 is 0. The molecule has 141 valence electrons. The second-order valence-electron chi connectivity index (χ2n) is 4.28. The largest absolute Gasteiger partial charge is 0.512 e. The van der Waals surface area contributed by atoms with Crippen molar-refractivity contribution in [2.45, 2.75) is 13.8 Å². The molecule has 27 heavy (non-hydrogen) atoms. The van der Waals surface area contributed by atoms with Gasteiger partial charge in [0.15, 0.2) is 0 Å². The molecule has 2 aromatic carbocycles. The molecule has 0 heterocycles. The molecule has 0 saturated heterocycles. The topological polar surface area (TPSA) is 72.3 Å². The molecule has 0 spiro atoms. The number of rotatable bonds is 4. The van der Waals surface area contributed by atoms with Crippen LogP contribution < -0.4 is 0 Å². The van der Waals surface area contributed by atoms with Gasteiger partial charge in [0.25, 0.3) is 0 Å². The molecule has 4 nitrogen and oxygen atoms in total. The van der Waals surface area contributed by atoms with Crippen molar-refractivity contribution in [1.29, 1.82) is 10.5 Å². The second kappa shape index (κ2) is 20.9. The van der Waals surface area contributed by atoms with E-state index in [9.17, 15) is 0 Å². The van der Waals surface area contributed by atoms with Gasteiger partial charge in [0.05, 0.1) is 0 Å². The minimum absolute atomic E-state index is 0. The van der Waals surface area contributed by atoms with Crippen LogP contribution in [0.4, 0.5) is 0 Å². The van der Waals surface area contributed by atoms with Crippen molar-refractivity contribution < 1.29 is 20.1 Å². The van der Waals surface area contributed by atoms with Crippen LogP contribution in [0.15, 0.2) is 77.9 Å². The third-order valence-corrected chi connectivity index (χ3v) is 2.69. The molecule has 0 bridgehead atoms. The number of hydrogen-bond donors (Lipinski definition) is 0. The van der Waals surface area contributed by atoms with Crippen molar-refractivity contribution in [2.75, 3.05) is 0 Å². The van der Waals surface area contributed by atoms with Crippen LogP contribution in [0.3, 0.4) is 0 Å². The molecule has 0 N–H and O–H groups in total. The zero-order valence-electron chi connectivity index (χ0n) is 15.3. The first-order chi connectivity index (χ1) is 12.7. The van der Waals surface area contributed by atoms with Gasteiger partial charge < -0.3 is 33.7 Å². The monoisotopic (exact) mass is 533 g/mol. The predicted octanol–water partition coefficient (Wildman–Crippen LogP) is 5.18. The molecule has 0 saturated carbocycles. The quantitative estimate of drug-likeness (QED) is 0.402. The average molecular weight is 533 g/mol. The first-order valence-electron chi connectivity index (χ1n) is 7.40. The van der Waals surface area contributed by atoms with Gasteiger partial charge in [-0.1, -0.05) is 13.5 Å². The molecule has 0 aromatic heterocycles. The van der Waals surface area contributed by atoms with Crippen LogP contribution in [-0.2, 0) is 20.1 Å². The fraction of sp³-hybridized carbons (Fsp3) is 0.0909. The fourth-order valence-electron chi connectivity index (χ4n) is 1.62. The Morgan fingerprint density at radius 1 is 1.00 bits per heavy atom. The van der Waals surface area contributed by atoms with E-state index in [4.69, 9.17) is 23.7 Å². The molecule has 0 unspecified atom stereocenters. The summed E-state index contributed by atoms with van der Waals surface area (Å²) >= 11 is 0. The van der Waals surface area contributed by atoms with Crippen molar-refractivity contribution in [3.8, 4) is 0 Å². The Morgan fingerprint density at radius 2 is 1.48 bits per heavy atom. The third-order valence-electron chi connectivity index (χ3n) is 2.69. The Hall–Kier alpha value is -3.11. The van der Waals surface area contributed by atoms with Crippen LogP contribution in [0.1, 0.15) is 25.0 Å². The van der Waals surface area contributed by atoms with Gasteiger partial charge in [0.1, 0.15) is 0 Å². The van der Waals surface area contributed by atoms with E-state index in [-0.39, 0.29) is 20.1 Å². The van der Waals surface area contributed by atoms with Crippen LogP contribution in [-0.4, -0.2) is 11.9 Å². The van der Waals surface area contributed by atoms with Crippen LogP contribution in [0.2, 0.25) is 0 Å². The van der Waals surface area contributed by atoms with Crippen molar-refractivity contribution in [1.82, 2.24) is 0 Å². The SMILES string of the molecule is C=C(N=CC)c1[c-]cccc1.C=CN=C(C)c1[c-]cccc1.[C-]#N.[C-]#N.[Ir]. The molecule has 0 aliphatic heterocycles. The number of nitrogens with zero attached hydrogens (tertiary/aromatic N) is 4. The molecule has 2 rings (SSSR count). The van der Waals surface area contributed by atoms with Crippen molar-refractivity contribution in [3.05, 3.63) is 104 Å². The summed E-state index contributed by atoms with van der Waals surface area (Å²) in [7, 11) is 0. The Balaban J connectivity index is -0.000000349. The Kier molecular flexibility index (Phi) is 22.2. The Bertz CT molecular complexity index is 724. The van der Waals surface area contributed by atoms with Gasteiger partial charge in [0.2, 0.25) is 0 Å². The van der Waals surface area contributed by atoms with E-state index in [1.165, 1.54) is 6.20 Å². The molecule has 0 aliphatic carbocycles. The molecule has 0 amide bonds. The zero-order valence-corrected chi connectivity index (χ0v) is 17.7. The van der Waals surface area contributed by atoms with Gasteiger partial charge in [-0.25, -0.2) is 0 Å². The third kappa shape index (κ3) is 13.8. The first-order valence-corrected chi connectivity index (χ1v) is 7.40. The normalized spacial score (nSPS) is 8.89. The smallest absolute Gasteiger partial charge is 0.00847 e. The molecule has 2 aromatic rings. The summed E-state index contributed by atoms with van der Waals surface area (Å²) in [4.78, 5) is 8.09. The zero-order chi connectivity index (χ0) is 20.2. The van der Waals surface area contributed by atoms with Gasteiger partial charge in [-0.15, -0.1) is 78.4 Å². The maximum atomic E-state index is 6.25. The van der Waals surface area contributed by atoms with Gasteiger partial charge in [-0.3, -0.25) is 0 Å². The number of aliphatic imine (C=N–C) groups is 2. The van der Waals surface area contributed by atoms with E-state index in [2.05, 4.69) is 35.3 Å². The summed E-state index contributed by atoms with van der Waals surface area (Å²) in [5, 5.41) is 12.5. The second-order valence-corrected chi connectivity index (χ2v) is 4.28. The maximum absolute atomic E-state index is 6.25. The van der Waals surface area contributed by atoms with E-state index in [1.807, 2.05) is 62.4 Å². The molecular formula is C22H20IrN4-4. The Morgan fingerprint density at radius 3 is 1.85 bits per heavy atom. The summed E-state index contributed by atoms with van der Waals surface area (Å²) in [5.41, 5.74) is 3.67. The van der Waals surface area contributed by atoms with Crippen molar-refractivity contribution >= 4 is 17.6 Å². The van der Waals surface area contributed by atoms with Crippen LogP contribution in [0.5, 0.6) is 0 Å². The maximum Gasteiger partial charge on any atom is 0.00847 e. The van der Waals surface area contributed by atoms with Crippen LogP contribution in [0, 0.1) is 35.8 Å². The standard InChI is InChI=1S/2C10H10N.2CN.Ir/c2*1-3-11-9(2)10-7-5-4-6-8-10;2*1-2;/h3-7H,2H2,1H3;3-7H,1H2,2H3;;;/q4*-1;. The molecule has 0 aliphatic rings. The van der Waals surface area contributed by atoms with E-state index >= 15 is 0 Å². The predicted molar refractivity (Wildman–Crippen MR) is 106 cm³/mol. The van der Waals surface area contributed by atoms with E-state index < -0.39 is 0 Å². The minimum atomic E-state index is 0. The molecule has 0 atom stereocenters. The summed E-state index contributed by atoms with van der Waals surface area (Å²) in [5.74, 6) is 0. The van der Waals surface area contributed by atoms with Crippen molar-refractivity contribution in [2.24, 2.45) is 9.98 Å². The summed E-state index contributed by atoms with van der Waals surface area (Å²) in [6.45, 7) is 20.6. The molecule has 1 radical (unpaired) electrons. The van der Waals surface area contributed by atoms with Crippen LogP contribution in [0.25, 0.3) is 5.70 Å². The summed E-state index contributed by atoms with van der Waals surface area (Å²) in [6.07, 6.45) is 3.26. The van der Waals surface area contributed by atoms with Crippen molar-refractivity contribution in [3.63, 3.8) is 0 Å².